The molecule has 10 unspecified atom stereocenters. The van der Waals surface area contributed by atoms with E-state index in [0.717, 1.165) is 21.3 Å². The van der Waals surface area contributed by atoms with Crippen molar-refractivity contribution in [2.24, 2.45) is 29.6 Å². The summed E-state index contributed by atoms with van der Waals surface area (Å²) in [6.45, 7) is -5.12. The van der Waals surface area contributed by atoms with Gasteiger partial charge in [-0.25, -0.2) is 24.0 Å². The Hall–Kier alpha value is -3.49. The fraction of sp³-hybridized carbons (Fsp3) is 0.889. The molecule has 0 aromatic rings. The monoisotopic (exact) mass is 1110 g/mol. The number of carboxylic acids is 2. The molecule has 0 aromatic heterocycles. The van der Waals surface area contributed by atoms with E-state index in [1.165, 1.54) is 14.2 Å². The number of aliphatic hydroxyl groups excluding tert-OH is 10. The minimum atomic E-state index is -1.83. The molecule has 0 bridgehead atoms. The third kappa shape index (κ3) is 14.6. The molecular weight excluding hydrogens is 1040 g/mol. The number of ether oxygens (including phenoxy) is 14. The van der Waals surface area contributed by atoms with Crippen molar-refractivity contribution in [1.82, 2.24) is 0 Å². The molecule has 5 aliphatic rings. The van der Waals surface area contributed by atoms with E-state index < -0.39 is 234 Å². The molecule has 0 aromatic carbocycles. The lowest BCUT2D eigenvalue weighted by Crippen LogP contribution is -2.61. The van der Waals surface area contributed by atoms with Gasteiger partial charge in [0, 0.05) is 43.8 Å². The Morgan fingerprint density at radius 1 is 0.303 bits per heavy atom. The molecule has 0 radical (unpaired) electrons. The molecule has 0 spiro atoms. The number of esters is 3. The molecule has 5 fully saturated rings. The largest absolute Gasteiger partial charge is 0.479 e. The maximum absolute atomic E-state index is 13.0. The highest BCUT2D eigenvalue weighted by Gasteiger charge is 2.54. The summed E-state index contributed by atoms with van der Waals surface area (Å²) in [7, 11) is 5.70. The second-order valence-electron chi connectivity index (χ2n) is 19.0. The second kappa shape index (κ2) is 29.1. The van der Waals surface area contributed by atoms with Gasteiger partial charge in [0.25, 0.3) is 0 Å². The maximum atomic E-state index is 13.0. The molecule has 31 nitrogen and oxygen atoms in total. The van der Waals surface area contributed by atoms with Gasteiger partial charge >= 0.3 is 29.8 Å². The third-order valence-corrected chi connectivity index (χ3v) is 14.2. The number of hydrogen-bond donors (Lipinski definition) is 12. The summed E-state index contributed by atoms with van der Waals surface area (Å²) >= 11 is 0. The van der Waals surface area contributed by atoms with Crippen LogP contribution in [0, 0.1) is 29.6 Å². The van der Waals surface area contributed by atoms with Gasteiger partial charge in [0.1, 0.15) is 61.0 Å². The Bertz CT molecular complexity index is 1860. The molecule has 0 amide bonds. The van der Waals surface area contributed by atoms with Gasteiger partial charge in [0.05, 0.1) is 118 Å². The van der Waals surface area contributed by atoms with Crippen molar-refractivity contribution in [1.29, 1.82) is 0 Å². The van der Waals surface area contributed by atoms with Gasteiger partial charge in [0.2, 0.25) is 0 Å². The molecule has 12 N–H and O–H groups in total. The Morgan fingerprint density at radius 3 is 0.737 bits per heavy atom. The minimum Gasteiger partial charge on any atom is -0.479 e. The van der Waals surface area contributed by atoms with Crippen LogP contribution in [0.4, 0.5) is 0 Å². The van der Waals surface area contributed by atoms with Crippen molar-refractivity contribution in [3.63, 3.8) is 0 Å². The smallest absolute Gasteiger partial charge is 0.335 e. The SMILES string of the molecule is COC[C@H]1OC(C(=O)O)[C@H](COC[C@H]2OC(C(=O)OC)[C@H](COC[C@H]3OC(C(=O)OC)[C@H](COC[C@H]4OC(C(=O)O)[C@H](COC[C@H]5OC(C(=O)OC)[C@H](COC)[C@@H](O)C5O)[C@@H](O)C4O)[C@@H](O)C3O)[C@@H](O)C2O)[C@@H](O)C1O. The quantitative estimate of drug-likeness (QED) is 0.0298. The zero-order valence-electron chi connectivity index (χ0n) is 42.1. The average Bonchev–Trinajstić information content (AvgIpc) is 3.40. The van der Waals surface area contributed by atoms with Gasteiger partial charge < -0.3 is 128 Å². The highest BCUT2D eigenvalue weighted by atomic mass is 16.6. The van der Waals surface area contributed by atoms with E-state index in [1.54, 1.807) is 0 Å². The predicted molar refractivity (Wildman–Crippen MR) is 239 cm³/mol. The summed E-state index contributed by atoms with van der Waals surface area (Å²) in [4.78, 5) is 62.6. The first-order valence-corrected chi connectivity index (χ1v) is 24.1. The molecule has 5 heterocycles. The summed E-state index contributed by atoms with van der Waals surface area (Å²) in [5.41, 5.74) is 0. The van der Waals surface area contributed by atoms with Crippen molar-refractivity contribution in [2.45, 2.75) is 122 Å². The number of aliphatic hydroxyl groups is 10. The van der Waals surface area contributed by atoms with Gasteiger partial charge in [-0.15, -0.1) is 0 Å². The Balaban J connectivity index is 1.14. The first-order chi connectivity index (χ1) is 36.1. The van der Waals surface area contributed by atoms with Crippen molar-refractivity contribution in [3.05, 3.63) is 0 Å². The summed E-state index contributed by atoms with van der Waals surface area (Å²) < 4.78 is 75.1. The summed E-state index contributed by atoms with van der Waals surface area (Å²) in [6.07, 6.45) is -32.2. The Kier molecular flexibility index (Phi) is 24.3. The van der Waals surface area contributed by atoms with E-state index in [-0.39, 0.29) is 13.2 Å². The van der Waals surface area contributed by atoms with Gasteiger partial charge in [-0.2, -0.15) is 0 Å². The van der Waals surface area contributed by atoms with Crippen LogP contribution in [0.25, 0.3) is 0 Å². The first kappa shape index (κ1) is 63.3. The highest BCUT2D eigenvalue weighted by molar-refractivity contribution is 5.76. The molecule has 31 heteroatoms. The summed E-state index contributed by atoms with van der Waals surface area (Å²) in [5.74, 6) is -12.5. The lowest BCUT2D eigenvalue weighted by molar-refractivity contribution is -0.249. The molecule has 25 atom stereocenters. The minimum absolute atomic E-state index is 0.177. The predicted octanol–water partition coefficient (Wildman–Crippen LogP) is -8.44. The average molecular weight is 1110 g/mol. The number of carbonyl (C=O) groups excluding carboxylic acids is 3. The maximum Gasteiger partial charge on any atom is 0.335 e. The van der Waals surface area contributed by atoms with Crippen LogP contribution in [0.3, 0.4) is 0 Å². The van der Waals surface area contributed by atoms with E-state index in [9.17, 15) is 85.3 Å². The van der Waals surface area contributed by atoms with E-state index in [2.05, 4.69) is 0 Å². The summed E-state index contributed by atoms with van der Waals surface area (Å²) in [5, 5.41) is 129. The lowest BCUT2D eigenvalue weighted by Gasteiger charge is -2.44. The van der Waals surface area contributed by atoms with Crippen LogP contribution in [0.15, 0.2) is 0 Å². The fourth-order valence-corrected chi connectivity index (χ4v) is 9.89. The number of methoxy groups -OCH3 is 5. The Labute approximate surface area is 434 Å². The molecule has 438 valence electrons. The van der Waals surface area contributed by atoms with Crippen LogP contribution in [-0.2, 0) is 90.3 Å². The summed E-state index contributed by atoms with van der Waals surface area (Å²) in [6, 6.07) is 0. The van der Waals surface area contributed by atoms with Crippen molar-refractivity contribution in [2.75, 3.05) is 102 Å². The molecule has 5 rings (SSSR count). The van der Waals surface area contributed by atoms with Crippen LogP contribution in [-0.4, -0.2) is 315 Å². The number of carboxylic acid groups (broad SMARTS) is 2. The molecule has 0 aliphatic carbocycles. The van der Waals surface area contributed by atoms with Crippen molar-refractivity contribution >= 4 is 29.8 Å². The van der Waals surface area contributed by atoms with Crippen molar-refractivity contribution in [3.8, 4) is 0 Å². The van der Waals surface area contributed by atoms with Gasteiger partial charge in [-0.05, 0) is 0 Å². The van der Waals surface area contributed by atoms with Gasteiger partial charge in [0.15, 0.2) is 30.5 Å². The molecule has 5 aliphatic heterocycles. The molecule has 76 heavy (non-hydrogen) atoms. The fourth-order valence-electron chi connectivity index (χ4n) is 9.89. The normalized spacial score (nSPS) is 41.9. The number of carbonyl (C=O) groups is 5. The van der Waals surface area contributed by atoms with Crippen LogP contribution in [0.2, 0.25) is 0 Å². The first-order valence-electron chi connectivity index (χ1n) is 24.1. The van der Waals surface area contributed by atoms with E-state index in [4.69, 9.17) is 66.3 Å². The molecular formula is C45H72O31. The van der Waals surface area contributed by atoms with Crippen LogP contribution < -0.4 is 0 Å². The van der Waals surface area contributed by atoms with E-state index in [0.29, 0.717) is 0 Å². The van der Waals surface area contributed by atoms with Crippen molar-refractivity contribution < 1.29 is 152 Å². The standard InChI is InChI=1S/C45H72O31/c1-63-6-16-26(46)33(53)23(74-38(16)43(60)65-3)13-69-8-18-28(48)32(52)22(73-37(18)42(58)59)12-70-9-19-29(49)35(55)25(76-39(19)44(61)66-4)15-71-10-20-30(50)34(54)24(75-40(20)45(62)67-5)14-68-7-17-27(47)31(51)21(11-64-2)72-36(17)41(56)57/h16-40,46-55H,6-15H2,1-5H3,(H,56,57)(H,58,59)/t16-,17-,18-,19-,20-,21-,22-,23-,24-,25-,26-,27-,28-,29-,30-,31?,32?,33?,34?,35?,36?,37?,38?,39?,40?/m1/s1. The van der Waals surface area contributed by atoms with E-state index >= 15 is 0 Å². The zero-order valence-corrected chi connectivity index (χ0v) is 42.1. The number of rotatable bonds is 25. The topological polar surface area (TPSA) is 457 Å². The number of aliphatic carboxylic acids is 2. The highest BCUT2D eigenvalue weighted by Crippen LogP contribution is 2.34. The van der Waals surface area contributed by atoms with Gasteiger partial charge in [-0.1, -0.05) is 0 Å². The molecule has 0 saturated carbocycles. The third-order valence-electron chi connectivity index (χ3n) is 14.2. The molecule has 5 saturated heterocycles. The second-order valence-corrected chi connectivity index (χ2v) is 19.0. The lowest BCUT2D eigenvalue weighted by atomic mass is 9.86. The van der Waals surface area contributed by atoms with Crippen LogP contribution >= 0.6 is 0 Å². The Morgan fingerprint density at radius 2 is 0.513 bits per heavy atom. The van der Waals surface area contributed by atoms with Crippen LogP contribution in [0.5, 0.6) is 0 Å². The van der Waals surface area contributed by atoms with E-state index in [1.807, 2.05) is 0 Å². The number of hydrogen-bond acceptors (Lipinski definition) is 29. The zero-order chi connectivity index (χ0) is 56.3. The van der Waals surface area contributed by atoms with Gasteiger partial charge in [-0.3, -0.25) is 0 Å². The van der Waals surface area contributed by atoms with Crippen LogP contribution in [0.1, 0.15) is 0 Å².